The first-order valence-corrected chi connectivity index (χ1v) is 5.74. The summed E-state index contributed by atoms with van der Waals surface area (Å²) in [6.45, 7) is 5.35. The first-order valence-electron chi connectivity index (χ1n) is 5.74. The largest absolute Gasteiger partial charge is 0.481 e. The van der Waals surface area contributed by atoms with E-state index in [1.807, 2.05) is 0 Å². The number of esters is 1. The molecule has 1 N–H and O–H groups in total. The van der Waals surface area contributed by atoms with Gasteiger partial charge in [-0.05, 0) is 39.5 Å². The van der Waals surface area contributed by atoms with Crippen LogP contribution in [0.4, 0.5) is 0 Å². The molecular weight excluding hydrogens is 240 g/mol. The molecule has 0 aromatic rings. The normalized spacial score (nSPS) is 17.6. The summed E-state index contributed by atoms with van der Waals surface area (Å²) in [5.74, 6) is -1.70. The van der Waals surface area contributed by atoms with Crippen molar-refractivity contribution in [2.24, 2.45) is 11.8 Å². The Labute approximate surface area is 109 Å². The molecule has 1 aliphatic carbocycles. The Morgan fingerprint density at radius 1 is 1.35 bits per heavy atom. The third kappa shape index (κ3) is 5.44. The van der Waals surface area contributed by atoms with Crippen LogP contribution in [0, 0.1) is 11.8 Å². The van der Waals surface area contributed by atoms with Gasteiger partial charge in [-0.1, -0.05) is 6.42 Å². The van der Waals surface area contributed by atoms with Crippen LogP contribution >= 0.6 is 13.5 Å². The number of ether oxygens (including phenoxy) is 1. The molecule has 1 saturated carbocycles. The summed E-state index contributed by atoms with van der Waals surface area (Å²) >= 11 is 0. The fourth-order valence-corrected chi connectivity index (χ4v) is 1.86. The predicted molar refractivity (Wildman–Crippen MR) is 69.3 cm³/mol. The van der Waals surface area contributed by atoms with Gasteiger partial charge < -0.3 is 9.84 Å². The molecule has 1 aliphatic rings. The van der Waals surface area contributed by atoms with Gasteiger partial charge in [-0.15, -0.1) is 0 Å². The van der Waals surface area contributed by atoms with Crippen LogP contribution in [0.1, 0.15) is 46.5 Å². The lowest BCUT2D eigenvalue weighted by Crippen LogP contribution is -2.33. The maximum absolute atomic E-state index is 11.5. The highest BCUT2D eigenvalue weighted by molar-refractivity contribution is 7.59. The third-order valence-corrected chi connectivity index (χ3v) is 2.84. The lowest BCUT2D eigenvalue weighted by Gasteiger charge is -2.31. The molecular formula is C12H22O4S. The smallest absolute Gasteiger partial charge is 0.307 e. The first-order chi connectivity index (χ1) is 7.29. The van der Waals surface area contributed by atoms with E-state index in [1.54, 1.807) is 20.8 Å². The SMILES string of the molecule is CC(C)(C)OC(=O)C[C@H](C(=O)O)C1CCC1.S. The van der Waals surface area contributed by atoms with Crippen LogP contribution < -0.4 is 0 Å². The molecule has 0 radical (unpaired) electrons. The number of carbonyl (C=O) groups excluding carboxylic acids is 1. The van der Waals surface area contributed by atoms with Crippen LogP contribution in [0.2, 0.25) is 0 Å². The van der Waals surface area contributed by atoms with Crippen LogP contribution in [0.25, 0.3) is 0 Å². The summed E-state index contributed by atoms with van der Waals surface area (Å²) in [7, 11) is 0. The topological polar surface area (TPSA) is 63.6 Å². The summed E-state index contributed by atoms with van der Waals surface area (Å²) in [6, 6.07) is 0. The Balaban J connectivity index is 0.00000256. The Kier molecular flexibility index (Phi) is 6.02. The van der Waals surface area contributed by atoms with Crippen LogP contribution in [-0.4, -0.2) is 22.6 Å². The van der Waals surface area contributed by atoms with Gasteiger partial charge in [-0.3, -0.25) is 9.59 Å². The zero-order valence-electron chi connectivity index (χ0n) is 10.7. The van der Waals surface area contributed by atoms with E-state index < -0.39 is 23.5 Å². The molecule has 0 unspecified atom stereocenters. The van der Waals surface area contributed by atoms with E-state index in [1.165, 1.54) is 0 Å². The van der Waals surface area contributed by atoms with E-state index in [4.69, 9.17) is 9.84 Å². The van der Waals surface area contributed by atoms with Crippen molar-refractivity contribution in [3.05, 3.63) is 0 Å². The van der Waals surface area contributed by atoms with Gasteiger partial charge in [-0.25, -0.2) is 0 Å². The lowest BCUT2D eigenvalue weighted by atomic mass is 9.74. The number of carboxylic acids is 1. The van der Waals surface area contributed by atoms with Crippen molar-refractivity contribution in [2.45, 2.75) is 52.1 Å². The van der Waals surface area contributed by atoms with E-state index in [-0.39, 0.29) is 25.8 Å². The van der Waals surface area contributed by atoms with Crippen molar-refractivity contribution < 1.29 is 19.4 Å². The van der Waals surface area contributed by atoms with E-state index in [0.29, 0.717) is 0 Å². The maximum atomic E-state index is 11.5. The van der Waals surface area contributed by atoms with Crippen molar-refractivity contribution in [3.8, 4) is 0 Å². The van der Waals surface area contributed by atoms with Crippen LogP contribution in [-0.2, 0) is 14.3 Å². The molecule has 100 valence electrons. The van der Waals surface area contributed by atoms with E-state index in [9.17, 15) is 9.59 Å². The molecule has 0 aliphatic heterocycles. The molecule has 0 bridgehead atoms. The van der Waals surface area contributed by atoms with Crippen LogP contribution in [0.3, 0.4) is 0 Å². The van der Waals surface area contributed by atoms with Gasteiger partial charge in [0, 0.05) is 0 Å². The Morgan fingerprint density at radius 2 is 1.88 bits per heavy atom. The zero-order chi connectivity index (χ0) is 12.3. The molecule has 5 heteroatoms. The quantitative estimate of drug-likeness (QED) is 0.790. The van der Waals surface area contributed by atoms with Gasteiger partial charge in [0.05, 0.1) is 12.3 Å². The monoisotopic (exact) mass is 262 g/mol. The molecule has 17 heavy (non-hydrogen) atoms. The number of carboxylic acid groups (broad SMARTS) is 1. The second kappa shape index (κ2) is 6.28. The molecule has 1 atom stereocenters. The molecule has 0 amide bonds. The summed E-state index contributed by atoms with van der Waals surface area (Å²) in [6.07, 6.45) is 2.90. The highest BCUT2D eigenvalue weighted by Gasteiger charge is 2.35. The maximum Gasteiger partial charge on any atom is 0.307 e. The summed E-state index contributed by atoms with van der Waals surface area (Å²) < 4.78 is 5.13. The lowest BCUT2D eigenvalue weighted by molar-refractivity contribution is -0.161. The van der Waals surface area contributed by atoms with Crippen molar-refractivity contribution in [1.29, 1.82) is 0 Å². The molecule has 0 spiro atoms. The van der Waals surface area contributed by atoms with Crippen molar-refractivity contribution in [3.63, 3.8) is 0 Å². The minimum Gasteiger partial charge on any atom is -0.481 e. The van der Waals surface area contributed by atoms with Crippen LogP contribution in [0.5, 0.6) is 0 Å². The van der Waals surface area contributed by atoms with Gasteiger partial charge >= 0.3 is 11.9 Å². The number of carbonyl (C=O) groups is 2. The van der Waals surface area contributed by atoms with Gasteiger partial charge in [0.2, 0.25) is 0 Å². The van der Waals surface area contributed by atoms with E-state index >= 15 is 0 Å². The van der Waals surface area contributed by atoms with Gasteiger partial charge in [-0.2, -0.15) is 13.5 Å². The predicted octanol–water partition coefficient (Wildman–Crippen LogP) is 2.33. The average Bonchev–Trinajstić information content (AvgIpc) is 1.95. The summed E-state index contributed by atoms with van der Waals surface area (Å²) in [4.78, 5) is 22.6. The molecule has 0 aromatic heterocycles. The number of rotatable bonds is 4. The minimum atomic E-state index is -0.879. The van der Waals surface area contributed by atoms with E-state index in [2.05, 4.69) is 0 Å². The van der Waals surface area contributed by atoms with Gasteiger partial charge in [0.15, 0.2) is 0 Å². The second-order valence-electron chi connectivity index (χ2n) is 5.43. The molecule has 1 fully saturated rings. The fourth-order valence-electron chi connectivity index (χ4n) is 1.86. The highest BCUT2D eigenvalue weighted by atomic mass is 32.1. The summed E-state index contributed by atoms with van der Waals surface area (Å²) in [5, 5.41) is 9.05. The van der Waals surface area contributed by atoms with Crippen molar-refractivity contribution in [1.82, 2.24) is 0 Å². The van der Waals surface area contributed by atoms with Crippen molar-refractivity contribution in [2.75, 3.05) is 0 Å². The number of hydrogen-bond acceptors (Lipinski definition) is 3. The molecule has 0 aromatic carbocycles. The zero-order valence-corrected chi connectivity index (χ0v) is 11.7. The minimum absolute atomic E-state index is 0. The molecule has 0 heterocycles. The first kappa shape index (κ1) is 16.3. The Bertz CT molecular complexity index is 279. The van der Waals surface area contributed by atoms with Crippen LogP contribution in [0.15, 0.2) is 0 Å². The Morgan fingerprint density at radius 3 is 2.18 bits per heavy atom. The van der Waals surface area contributed by atoms with Crippen molar-refractivity contribution >= 4 is 25.4 Å². The molecule has 0 saturated heterocycles. The standard InChI is InChI=1S/C12H20O4.H2S/c1-12(2,3)16-10(13)7-9(11(14)15)8-5-4-6-8;/h8-9H,4-7H2,1-3H3,(H,14,15);1H2/t9-;/m0./s1. The summed E-state index contributed by atoms with van der Waals surface area (Å²) in [5.41, 5.74) is -0.542. The third-order valence-electron chi connectivity index (χ3n) is 2.84. The number of aliphatic carboxylic acids is 1. The second-order valence-corrected chi connectivity index (χ2v) is 5.43. The molecule has 4 nitrogen and oxygen atoms in total. The van der Waals surface area contributed by atoms with E-state index in [0.717, 1.165) is 19.3 Å². The van der Waals surface area contributed by atoms with Gasteiger partial charge in [0.1, 0.15) is 5.60 Å². The Hall–Kier alpha value is -0.710. The fraction of sp³-hybridized carbons (Fsp3) is 0.833. The highest BCUT2D eigenvalue weighted by Crippen LogP contribution is 2.35. The van der Waals surface area contributed by atoms with Gasteiger partial charge in [0.25, 0.3) is 0 Å². The average molecular weight is 262 g/mol. The molecule has 1 rings (SSSR count). The number of hydrogen-bond donors (Lipinski definition) is 1.